The number of methoxy groups -OCH3 is 1. The van der Waals surface area contributed by atoms with E-state index in [4.69, 9.17) is 4.74 Å². The van der Waals surface area contributed by atoms with Gasteiger partial charge in [0.1, 0.15) is 5.82 Å². The molecule has 1 heterocycles. The van der Waals surface area contributed by atoms with Crippen molar-refractivity contribution in [1.82, 2.24) is 9.97 Å². The highest BCUT2D eigenvalue weighted by Gasteiger charge is 2.12. The molecule has 0 fully saturated rings. The van der Waals surface area contributed by atoms with Crippen LogP contribution in [-0.4, -0.2) is 48.5 Å². The molecule has 20 heavy (non-hydrogen) atoms. The number of aliphatic hydroxyl groups is 1. The Morgan fingerprint density at radius 1 is 1.30 bits per heavy atom. The van der Waals surface area contributed by atoms with Crippen molar-refractivity contribution in [2.45, 2.75) is 6.10 Å². The fourth-order valence-corrected chi connectivity index (χ4v) is 1.84. The summed E-state index contributed by atoms with van der Waals surface area (Å²) in [4.78, 5) is 9.89. The normalized spacial score (nSPS) is 12.7. The molecule has 7 heteroatoms. The molecule has 0 saturated heterocycles. The van der Waals surface area contributed by atoms with Gasteiger partial charge in [0.25, 0.3) is 0 Å². The molecule has 1 aromatic carbocycles. The lowest BCUT2D eigenvalue weighted by molar-refractivity contribution is 0.0694. The third kappa shape index (κ3) is 3.17. The molecule has 0 bridgehead atoms. The van der Waals surface area contributed by atoms with Crippen molar-refractivity contribution in [3.8, 4) is 0 Å². The molecule has 0 aliphatic carbocycles. The number of fused-ring (bicyclic) bond motifs is 1. The summed E-state index contributed by atoms with van der Waals surface area (Å²) >= 11 is 0. The second-order valence-corrected chi connectivity index (χ2v) is 4.47. The van der Waals surface area contributed by atoms with Crippen LogP contribution in [-0.2, 0) is 4.74 Å². The van der Waals surface area contributed by atoms with E-state index in [-0.39, 0.29) is 24.2 Å². The first kappa shape index (κ1) is 14.5. The summed E-state index contributed by atoms with van der Waals surface area (Å²) in [7, 11) is 3.21. The number of anilines is 1. The van der Waals surface area contributed by atoms with E-state index in [2.05, 4.69) is 9.97 Å². The molecular formula is C13H15F2N3O2. The van der Waals surface area contributed by atoms with Crippen molar-refractivity contribution in [1.29, 1.82) is 0 Å². The largest absolute Gasteiger partial charge is 0.389 e. The first-order valence-electron chi connectivity index (χ1n) is 6.01. The van der Waals surface area contributed by atoms with E-state index in [9.17, 15) is 13.9 Å². The Bertz CT molecular complexity index is 609. The number of benzene rings is 1. The van der Waals surface area contributed by atoms with Crippen molar-refractivity contribution >= 4 is 16.9 Å². The molecule has 0 unspecified atom stereocenters. The molecule has 2 rings (SSSR count). The zero-order valence-electron chi connectivity index (χ0n) is 11.2. The van der Waals surface area contributed by atoms with Crippen LogP contribution >= 0.6 is 0 Å². The SMILES string of the molecule is COC[C@@H](O)CN(C)c1cnc2cc(F)c(F)cc2n1. The molecule has 2 aromatic rings. The van der Waals surface area contributed by atoms with Crippen molar-refractivity contribution in [2.75, 3.05) is 32.2 Å². The van der Waals surface area contributed by atoms with Gasteiger partial charge in [0.15, 0.2) is 11.6 Å². The van der Waals surface area contributed by atoms with E-state index in [1.807, 2.05) is 0 Å². The molecule has 0 amide bonds. The van der Waals surface area contributed by atoms with Crippen LogP contribution in [0.5, 0.6) is 0 Å². The Kier molecular flexibility index (Phi) is 4.41. The van der Waals surface area contributed by atoms with E-state index in [1.54, 1.807) is 11.9 Å². The van der Waals surface area contributed by atoms with Gasteiger partial charge in [-0.05, 0) is 0 Å². The van der Waals surface area contributed by atoms with E-state index in [1.165, 1.54) is 13.3 Å². The molecule has 108 valence electrons. The van der Waals surface area contributed by atoms with Gasteiger partial charge in [-0.25, -0.2) is 13.8 Å². The fourth-order valence-electron chi connectivity index (χ4n) is 1.84. The number of ether oxygens (including phenoxy) is 1. The van der Waals surface area contributed by atoms with Crippen LogP contribution in [0.3, 0.4) is 0 Å². The van der Waals surface area contributed by atoms with Gasteiger partial charge in [0.05, 0.1) is 29.9 Å². The number of aliphatic hydroxyl groups excluding tert-OH is 1. The van der Waals surface area contributed by atoms with Gasteiger partial charge >= 0.3 is 0 Å². The minimum atomic E-state index is -0.967. The Morgan fingerprint density at radius 2 is 1.95 bits per heavy atom. The van der Waals surface area contributed by atoms with Crippen molar-refractivity contribution in [3.63, 3.8) is 0 Å². The summed E-state index contributed by atoms with van der Waals surface area (Å²) in [6.45, 7) is 0.489. The maximum absolute atomic E-state index is 13.2. The van der Waals surface area contributed by atoms with Gasteiger partial charge in [0, 0.05) is 32.8 Å². The third-order valence-corrected chi connectivity index (χ3v) is 2.81. The molecule has 0 aliphatic rings. The van der Waals surface area contributed by atoms with Crippen LogP contribution in [0.2, 0.25) is 0 Å². The molecule has 0 radical (unpaired) electrons. The lowest BCUT2D eigenvalue weighted by Gasteiger charge is -2.21. The van der Waals surface area contributed by atoms with Crippen LogP contribution in [0.1, 0.15) is 0 Å². The van der Waals surface area contributed by atoms with Crippen LogP contribution in [0.4, 0.5) is 14.6 Å². The molecule has 1 aromatic heterocycles. The molecule has 0 aliphatic heterocycles. The molecule has 0 saturated carbocycles. The van der Waals surface area contributed by atoms with E-state index in [0.29, 0.717) is 5.82 Å². The minimum Gasteiger partial charge on any atom is -0.389 e. The highest BCUT2D eigenvalue weighted by atomic mass is 19.2. The van der Waals surface area contributed by atoms with E-state index < -0.39 is 17.7 Å². The van der Waals surface area contributed by atoms with Crippen LogP contribution in [0, 0.1) is 11.6 Å². The van der Waals surface area contributed by atoms with Crippen molar-refractivity contribution in [3.05, 3.63) is 30.0 Å². The average Bonchev–Trinajstić information content (AvgIpc) is 2.39. The molecule has 5 nitrogen and oxygen atoms in total. The van der Waals surface area contributed by atoms with Gasteiger partial charge in [-0.2, -0.15) is 0 Å². The monoisotopic (exact) mass is 283 g/mol. The topological polar surface area (TPSA) is 58.5 Å². The van der Waals surface area contributed by atoms with Gasteiger partial charge in [-0.3, -0.25) is 4.98 Å². The Labute approximate surface area is 114 Å². The van der Waals surface area contributed by atoms with E-state index >= 15 is 0 Å². The fraction of sp³-hybridized carbons (Fsp3) is 0.385. The summed E-state index contributed by atoms with van der Waals surface area (Å²) < 4.78 is 31.1. The first-order chi connectivity index (χ1) is 9.51. The zero-order chi connectivity index (χ0) is 14.7. The van der Waals surface area contributed by atoms with Gasteiger partial charge < -0.3 is 14.7 Å². The third-order valence-electron chi connectivity index (χ3n) is 2.81. The number of aromatic nitrogens is 2. The smallest absolute Gasteiger partial charge is 0.161 e. The van der Waals surface area contributed by atoms with Gasteiger partial charge in [0.2, 0.25) is 0 Å². The number of halogens is 2. The van der Waals surface area contributed by atoms with Gasteiger partial charge in [-0.15, -0.1) is 0 Å². The summed E-state index contributed by atoms with van der Waals surface area (Å²) in [5.41, 5.74) is 0.535. The number of hydrogen-bond acceptors (Lipinski definition) is 5. The molecular weight excluding hydrogens is 268 g/mol. The Balaban J connectivity index is 2.24. The first-order valence-corrected chi connectivity index (χ1v) is 6.01. The summed E-state index contributed by atoms with van der Waals surface area (Å²) in [5.74, 6) is -1.46. The average molecular weight is 283 g/mol. The van der Waals surface area contributed by atoms with Gasteiger partial charge in [-0.1, -0.05) is 0 Å². The second kappa shape index (κ2) is 6.06. The van der Waals surface area contributed by atoms with Crippen molar-refractivity contribution < 1.29 is 18.6 Å². The highest BCUT2D eigenvalue weighted by Crippen LogP contribution is 2.18. The number of hydrogen-bond donors (Lipinski definition) is 1. The quantitative estimate of drug-likeness (QED) is 0.897. The molecule has 1 atom stereocenters. The maximum Gasteiger partial charge on any atom is 0.161 e. The predicted molar refractivity (Wildman–Crippen MR) is 70.6 cm³/mol. The lowest BCUT2D eigenvalue weighted by atomic mass is 10.3. The molecule has 0 spiro atoms. The highest BCUT2D eigenvalue weighted by molar-refractivity contribution is 5.75. The Morgan fingerprint density at radius 3 is 2.60 bits per heavy atom. The zero-order valence-corrected chi connectivity index (χ0v) is 11.2. The summed E-state index contributed by atoms with van der Waals surface area (Å²) in [5, 5.41) is 9.65. The Hall–Kier alpha value is -1.86. The van der Waals surface area contributed by atoms with Crippen LogP contribution in [0.15, 0.2) is 18.3 Å². The second-order valence-electron chi connectivity index (χ2n) is 4.47. The van der Waals surface area contributed by atoms with Crippen LogP contribution in [0.25, 0.3) is 11.0 Å². The molecule has 1 N–H and O–H groups in total. The number of nitrogens with zero attached hydrogens (tertiary/aromatic N) is 3. The lowest BCUT2D eigenvalue weighted by Crippen LogP contribution is -2.32. The maximum atomic E-state index is 13.2. The number of rotatable bonds is 5. The summed E-state index contributed by atoms with van der Waals surface area (Å²) in [6, 6.07) is 2.00. The minimum absolute atomic E-state index is 0.200. The summed E-state index contributed by atoms with van der Waals surface area (Å²) in [6.07, 6.45) is 0.770. The van der Waals surface area contributed by atoms with Crippen molar-refractivity contribution in [2.24, 2.45) is 0 Å². The number of likely N-dealkylation sites (N-methyl/N-ethyl adjacent to an activating group) is 1. The standard InChI is InChI=1S/C13H15F2N3O2/c1-18(6-8(19)7-20-2)13-5-16-11-3-9(14)10(15)4-12(11)17-13/h3-5,8,19H,6-7H2,1-2H3/t8-/m0/s1. The van der Waals surface area contributed by atoms with Crippen LogP contribution < -0.4 is 4.90 Å². The predicted octanol–water partition coefficient (Wildman–Crippen LogP) is 1.35. The van der Waals surface area contributed by atoms with E-state index in [0.717, 1.165) is 12.1 Å².